The van der Waals surface area contributed by atoms with Crippen molar-refractivity contribution in [2.45, 2.75) is 37.3 Å². The molecule has 2 atom stereocenters. The molecular formula is C27H22F6N4O5. The molecule has 0 spiro atoms. The van der Waals surface area contributed by atoms with Gasteiger partial charge in [0.1, 0.15) is 18.1 Å². The van der Waals surface area contributed by atoms with Crippen LogP contribution in [-0.2, 0) is 22.4 Å². The van der Waals surface area contributed by atoms with Crippen molar-refractivity contribution >= 4 is 17.5 Å². The van der Waals surface area contributed by atoms with E-state index in [2.05, 4.69) is 15.0 Å². The number of aliphatic hydroxyl groups is 1. The summed E-state index contributed by atoms with van der Waals surface area (Å²) in [6.07, 6.45) is -5.68. The summed E-state index contributed by atoms with van der Waals surface area (Å²) in [5.74, 6) is -2.87. The number of nitrogens with one attached hydrogen (secondary N) is 2. The molecule has 9 nitrogen and oxygen atoms in total. The number of aromatic nitrogens is 1. The minimum Gasteiger partial charge on any atom is -0.489 e. The van der Waals surface area contributed by atoms with E-state index in [1.54, 1.807) is 0 Å². The van der Waals surface area contributed by atoms with E-state index in [1.165, 1.54) is 19.1 Å². The van der Waals surface area contributed by atoms with Crippen LogP contribution in [0.1, 0.15) is 34.1 Å². The Morgan fingerprint density at radius 2 is 1.93 bits per heavy atom. The Morgan fingerprint density at radius 3 is 2.57 bits per heavy atom. The van der Waals surface area contributed by atoms with Gasteiger partial charge in [-0.2, -0.15) is 22.0 Å². The number of fused-ring (bicyclic) bond motifs is 2. The van der Waals surface area contributed by atoms with E-state index in [9.17, 15) is 41.0 Å². The molecule has 222 valence electrons. The third-order valence-corrected chi connectivity index (χ3v) is 6.90. The zero-order chi connectivity index (χ0) is 30.6. The summed E-state index contributed by atoms with van der Waals surface area (Å²) < 4.78 is 92.9. The van der Waals surface area contributed by atoms with Gasteiger partial charge in [-0.1, -0.05) is 0 Å². The zero-order valence-corrected chi connectivity index (χ0v) is 21.6. The maximum Gasteiger partial charge on any atom is 0.424 e. The molecule has 0 aliphatic carbocycles. The Hall–Kier alpha value is -4.37. The Kier molecular flexibility index (Phi) is 7.05. The van der Waals surface area contributed by atoms with Gasteiger partial charge in [0.05, 0.1) is 29.9 Å². The molecule has 42 heavy (non-hydrogen) atoms. The van der Waals surface area contributed by atoms with Crippen LogP contribution in [0.25, 0.3) is 11.3 Å². The number of carbonyl (C=O) groups is 2. The maximum atomic E-state index is 14.5. The summed E-state index contributed by atoms with van der Waals surface area (Å²) in [6, 6.07) is 7.54. The second-order valence-corrected chi connectivity index (χ2v) is 10.1. The van der Waals surface area contributed by atoms with E-state index in [-0.39, 0.29) is 46.8 Å². The zero-order valence-electron chi connectivity index (χ0n) is 21.6. The lowest BCUT2D eigenvalue weighted by Gasteiger charge is -2.31. The number of nitrogens with two attached hydrogens (primary N) is 1. The lowest BCUT2D eigenvalue weighted by atomic mass is 9.89. The molecule has 0 fully saturated rings. The van der Waals surface area contributed by atoms with Gasteiger partial charge in [0, 0.05) is 16.7 Å². The number of pyridine rings is 1. The molecule has 2 aliphatic heterocycles. The first-order valence-electron chi connectivity index (χ1n) is 12.3. The van der Waals surface area contributed by atoms with Crippen LogP contribution in [0.15, 0.2) is 42.5 Å². The SMILES string of the molecule is C[C@@]1(N)COc2c1cc([C@](O)(CNC(=O)c1cc3c(c(OC(F)F)c1)NC(=O)C3)C(F)(F)F)nc2-c1ccc(F)cc1. The van der Waals surface area contributed by atoms with E-state index in [1.807, 2.05) is 5.32 Å². The highest BCUT2D eigenvalue weighted by Gasteiger charge is 2.57. The predicted molar refractivity (Wildman–Crippen MR) is 134 cm³/mol. The van der Waals surface area contributed by atoms with Crippen LogP contribution in [0.5, 0.6) is 11.5 Å². The largest absolute Gasteiger partial charge is 0.489 e. The number of anilines is 1. The van der Waals surface area contributed by atoms with Gasteiger partial charge in [-0.15, -0.1) is 0 Å². The van der Waals surface area contributed by atoms with Crippen LogP contribution >= 0.6 is 0 Å². The molecular weight excluding hydrogens is 574 g/mol. The van der Waals surface area contributed by atoms with E-state index >= 15 is 0 Å². The normalized spacial score (nSPS) is 19.0. The number of halogens is 6. The molecule has 2 amide bonds. The molecule has 5 rings (SSSR count). The monoisotopic (exact) mass is 596 g/mol. The molecule has 3 aromatic rings. The second-order valence-electron chi connectivity index (χ2n) is 10.1. The van der Waals surface area contributed by atoms with Crippen molar-refractivity contribution in [2.75, 3.05) is 18.5 Å². The first-order valence-corrected chi connectivity index (χ1v) is 12.3. The smallest absolute Gasteiger partial charge is 0.424 e. The summed E-state index contributed by atoms with van der Waals surface area (Å²) >= 11 is 0. The number of alkyl halides is 5. The molecule has 3 heterocycles. The van der Waals surface area contributed by atoms with Gasteiger partial charge in [0.15, 0.2) is 11.5 Å². The molecule has 0 bridgehead atoms. The van der Waals surface area contributed by atoms with Crippen LogP contribution in [0, 0.1) is 5.82 Å². The van der Waals surface area contributed by atoms with Gasteiger partial charge >= 0.3 is 12.8 Å². The van der Waals surface area contributed by atoms with E-state index in [4.69, 9.17) is 10.5 Å². The van der Waals surface area contributed by atoms with Gasteiger partial charge < -0.3 is 30.9 Å². The number of carbonyl (C=O) groups excluding carboxylic acids is 2. The van der Waals surface area contributed by atoms with Crippen molar-refractivity contribution in [2.24, 2.45) is 5.73 Å². The van der Waals surface area contributed by atoms with Crippen molar-refractivity contribution in [1.82, 2.24) is 10.3 Å². The highest BCUT2D eigenvalue weighted by Crippen LogP contribution is 2.46. The number of ether oxygens (including phenoxy) is 2. The fraction of sp³-hybridized carbons (Fsp3) is 0.296. The molecule has 5 N–H and O–H groups in total. The number of nitrogens with zero attached hydrogens (tertiary/aromatic N) is 1. The molecule has 0 saturated heterocycles. The summed E-state index contributed by atoms with van der Waals surface area (Å²) in [5.41, 5.74) is -0.00617. The molecule has 2 aliphatic rings. The van der Waals surface area contributed by atoms with Crippen molar-refractivity contribution in [3.63, 3.8) is 0 Å². The summed E-state index contributed by atoms with van der Waals surface area (Å²) in [5, 5.41) is 15.4. The fourth-order valence-electron chi connectivity index (χ4n) is 4.70. The highest BCUT2D eigenvalue weighted by molar-refractivity contribution is 6.03. The van der Waals surface area contributed by atoms with Crippen molar-refractivity contribution in [1.29, 1.82) is 0 Å². The van der Waals surface area contributed by atoms with Gasteiger partial charge in [0.2, 0.25) is 11.5 Å². The van der Waals surface area contributed by atoms with Crippen LogP contribution in [0.4, 0.5) is 32.0 Å². The highest BCUT2D eigenvalue weighted by atomic mass is 19.4. The topological polar surface area (TPSA) is 136 Å². The van der Waals surface area contributed by atoms with Crippen molar-refractivity contribution < 1.29 is 50.5 Å². The summed E-state index contributed by atoms with van der Waals surface area (Å²) in [6.45, 7) is -3.40. The maximum absolute atomic E-state index is 14.5. The van der Waals surface area contributed by atoms with Crippen LogP contribution < -0.4 is 25.8 Å². The summed E-state index contributed by atoms with van der Waals surface area (Å²) in [4.78, 5) is 28.7. The minimum atomic E-state index is -5.40. The summed E-state index contributed by atoms with van der Waals surface area (Å²) in [7, 11) is 0. The Labute approximate surface area is 233 Å². The van der Waals surface area contributed by atoms with Crippen molar-refractivity contribution in [3.8, 4) is 22.8 Å². The Morgan fingerprint density at radius 1 is 1.24 bits per heavy atom. The third kappa shape index (κ3) is 5.20. The second kappa shape index (κ2) is 10.2. The number of amides is 2. The average Bonchev–Trinajstić information content (AvgIpc) is 3.44. The van der Waals surface area contributed by atoms with E-state index < -0.39 is 65.1 Å². The molecule has 0 radical (unpaired) electrons. The van der Waals surface area contributed by atoms with Crippen molar-refractivity contribution in [3.05, 3.63) is 70.7 Å². The van der Waals surface area contributed by atoms with Gasteiger partial charge in [-0.25, -0.2) is 9.37 Å². The van der Waals surface area contributed by atoms with Gasteiger partial charge in [0.25, 0.3) is 5.91 Å². The molecule has 0 unspecified atom stereocenters. The standard InChI is InChI=1S/C27H22F6N4O5/c1-25(34)11-41-22-16(25)9-18(36-21(22)12-2-4-15(28)5-3-12)26(40,27(31,32)33)10-35-23(39)14-6-13-8-19(38)37-20(13)17(7-14)42-24(29)30/h2-7,9,24,40H,8,10-11,34H2,1H3,(H,35,39)(H,37,38)/t25-,26-/m1/s1. The van der Waals surface area contributed by atoms with Crippen LogP contribution in [0.2, 0.25) is 0 Å². The number of hydrogen-bond acceptors (Lipinski definition) is 7. The first kappa shape index (κ1) is 29.1. The fourth-order valence-corrected chi connectivity index (χ4v) is 4.70. The minimum absolute atomic E-state index is 0.0526. The quantitative estimate of drug-likeness (QED) is 0.305. The van der Waals surface area contributed by atoms with Crippen LogP contribution in [0.3, 0.4) is 0 Å². The first-order chi connectivity index (χ1) is 19.6. The van der Waals surface area contributed by atoms with E-state index in [0.717, 1.165) is 30.3 Å². The lowest BCUT2D eigenvalue weighted by Crippen LogP contribution is -2.51. The molecule has 15 heteroatoms. The average molecular weight is 596 g/mol. The van der Waals surface area contributed by atoms with Gasteiger partial charge in [-0.3, -0.25) is 9.59 Å². The number of hydrogen-bond donors (Lipinski definition) is 4. The number of benzene rings is 2. The van der Waals surface area contributed by atoms with Gasteiger partial charge in [-0.05, 0) is 55.0 Å². The molecule has 1 aromatic heterocycles. The lowest BCUT2D eigenvalue weighted by molar-refractivity contribution is -0.265. The Balaban J connectivity index is 1.53. The molecule has 0 saturated carbocycles. The predicted octanol–water partition coefficient (Wildman–Crippen LogP) is 3.73. The number of rotatable bonds is 7. The van der Waals surface area contributed by atoms with E-state index in [0.29, 0.717) is 0 Å². The third-order valence-electron chi connectivity index (χ3n) is 6.90. The molecule has 2 aromatic carbocycles. The van der Waals surface area contributed by atoms with Crippen LogP contribution in [-0.4, -0.2) is 47.8 Å². The Bertz CT molecular complexity index is 1580.